The van der Waals surface area contributed by atoms with E-state index in [1.807, 2.05) is 24.3 Å². The zero-order valence-corrected chi connectivity index (χ0v) is 14.0. The molecule has 0 unspecified atom stereocenters. The van der Waals surface area contributed by atoms with E-state index < -0.39 is 0 Å². The molecule has 0 aliphatic heterocycles. The molecule has 5 heteroatoms. The summed E-state index contributed by atoms with van der Waals surface area (Å²) in [4.78, 5) is 13.7. The largest absolute Gasteiger partial charge is 0.492 e. The third-order valence-electron chi connectivity index (χ3n) is 3.86. The molecule has 4 nitrogen and oxygen atoms in total. The van der Waals surface area contributed by atoms with E-state index in [1.54, 1.807) is 0 Å². The van der Waals surface area contributed by atoms with Crippen LogP contribution in [-0.2, 0) is 9.53 Å². The first-order valence-electron chi connectivity index (χ1n) is 7.38. The van der Waals surface area contributed by atoms with E-state index in [9.17, 15) is 4.79 Å². The number of nitrogens with zero attached hydrogens (tertiary/aromatic N) is 1. The SMILES string of the molecule is COC(=O)CN(CCOc1ccc(Br)cc1)C1CCCC1. The van der Waals surface area contributed by atoms with E-state index in [0.717, 1.165) is 29.6 Å². The summed E-state index contributed by atoms with van der Waals surface area (Å²) in [5, 5.41) is 0. The number of halogens is 1. The molecular formula is C16H22BrNO3. The van der Waals surface area contributed by atoms with Gasteiger partial charge in [0.15, 0.2) is 0 Å². The van der Waals surface area contributed by atoms with Crippen LogP contribution in [0.2, 0.25) is 0 Å². The first kappa shape index (κ1) is 16.3. The van der Waals surface area contributed by atoms with Gasteiger partial charge in [-0.05, 0) is 37.1 Å². The van der Waals surface area contributed by atoms with Gasteiger partial charge in [0.2, 0.25) is 0 Å². The van der Waals surface area contributed by atoms with Gasteiger partial charge in [-0.2, -0.15) is 0 Å². The minimum Gasteiger partial charge on any atom is -0.492 e. The van der Waals surface area contributed by atoms with E-state index in [0.29, 0.717) is 19.2 Å². The van der Waals surface area contributed by atoms with Gasteiger partial charge in [-0.25, -0.2) is 0 Å². The Hall–Kier alpha value is -1.07. The molecule has 0 bridgehead atoms. The van der Waals surface area contributed by atoms with Gasteiger partial charge in [-0.3, -0.25) is 9.69 Å². The third kappa shape index (κ3) is 5.32. The Labute approximate surface area is 134 Å². The number of hydrogen-bond acceptors (Lipinski definition) is 4. The molecule has 0 atom stereocenters. The summed E-state index contributed by atoms with van der Waals surface area (Å²) in [5.74, 6) is 0.674. The summed E-state index contributed by atoms with van der Waals surface area (Å²) in [6.07, 6.45) is 4.82. The molecule has 1 aliphatic carbocycles. The summed E-state index contributed by atoms with van der Waals surface area (Å²) in [7, 11) is 1.44. The minimum atomic E-state index is -0.175. The Morgan fingerprint density at radius 1 is 1.29 bits per heavy atom. The summed E-state index contributed by atoms with van der Waals surface area (Å²) in [6, 6.07) is 8.27. The van der Waals surface area contributed by atoms with Gasteiger partial charge in [0.25, 0.3) is 0 Å². The molecule has 0 spiro atoms. The van der Waals surface area contributed by atoms with Crippen molar-refractivity contribution in [2.75, 3.05) is 26.8 Å². The minimum absolute atomic E-state index is 0.175. The smallest absolute Gasteiger partial charge is 0.319 e. The molecule has 2 rings (SSSR count). The zero-order valence-electron chi connectivity index (χ0n) is 12.4. The lowest BCUT2D eigenvalue weighted by atomic mass is 10.2. The Balaban J connectivity index is 1.83. The number of esters is 1. The third-order valence-corrected chi connectivity index (χ3v) is 4.39. The number of carbonyl (C=O) groups excluding carboxylic acids is 1. The van der Waals surface area contributed by atoms with E-state index in [-0.39, 0.29) is 5.97 Å². The Morgan fingerprint density at radius 2 is 1.95 bits per heavy atom. The molecule has 116 valence electrons. The van der Waals surface area contributed by atoms with Crippen molar-refractivity contribution in [1.29, 1.82) is 0 Å². The molecule has 0 radical (unpaired) electrons. The molecule has 0 saturated heterocycles. The van der Waals surface area contributed by atoms with Gasteiger partial charge in [0.1, 0.15) is 12.4 Å². The van der Waals surface area contributed by atoms with Crippen LogP contribution in [0.15, 0.2) is 28.7 Å². The second kappa shape index (κ2) is 8.39. The molecule has 1 saturated carbocycles. The molecule has 1 aromatic rings. The monoisotopic (exact) mass is 355 g/mol. The normalized spacial score (nSPS) is 15.4. The predicted octanol–water partition coefficient (Wildman–Crippen LogP) is 3.25. The fraction of sp³-hybridized carbons (Fsp3) is 0.562. The van der Waals surface area contributed by atoms with E-state index >= 15 is 0 Å². The second-order valence-corrected chi connectivity index (χ2v) is 6.20. The Morgan fingerprint density at radius 3 is 2.57 bits per heavy atom. The van der Waals surface area contributed by atoms with Crippen LogP contribution in [0, 0.1) is 0 Å². The van der Waals surface area contributed by atoms with Crippen LogP contribution < -0.4 is 4.74 Å². The van der Waals surface area contributed by atoms with Crippen molar-refractivity contribution in [3.63, 3.8) is 0 Å². The summed E-state index contributed by atoms with van der Waals surface area (Å²) in [5.41, 5.74) is 0. The van der Waals surface area contributed by atoms with Gasteiger partial charge in [-0.15, -0.1) is 0 Å². The number of ether oxygens (including phenoxy) is 2. The van der Waals surface area contributed by atoms with Crippen LogP contribution in [0.25, 0.3) is 0 Å². The van der Waals surface area contributed by atoms with Crippen molar-refractivity contribution in [1.82, 2.24) is 4.90 Å². The van der Waals surface area contributed by atoms with Gasteiger partial charge in [-0.1, -0.05) is 28.8 Å². The van der Waals surface area contributed by atoms with Gasteiger partial charge in [0.05, 0.1) is 13.7 Å². The number of methoxy groups -OCH3 is 1. The van der Waals surface area contributed by atoms with Crippen molar-refractivity contribution >= 4 is 21.9 Å². The quantitative estimate of drug-likeness (QED) is 0.703. The summed E-state index contributed by atoms with van der Waals surface area (Å²) in [6.45, 7) is 1.68. The van der Waals surface area contributed by atoms with E-state index in [2.05, 4.69) is 20.8 Å². The molecule has 0 aromatic heterocycles. The first-order chi connectivity index (χ1) is 10.2. The molecule has 0 N–H and O–H groups in total. The summed E-state index contributed by atoms with van der Waals surface area (Å²) < 4.78 is 11.6. The Kier molecular flexibility index (Phi) is 6.51. The number of carbonyl (C=O) groups is 1. The first-order valence-corrected chi connectivity index (χ1v) is 8.17. The van der Waals surface area contributed by atoms with Crippen molar-refractivity contribution in [3.8, 4) is 5.75 Å². The number of rotatable bonds is 7. The lowest BCUT2D eigenvalue weighted by Gasteiger charge is -2.27. The van der Waals surface area contributed by atoms with Crippen molar-refractivity contribution < 1.29 is 14.3 Å². The predicted molar refractivity (Wildman–Crippen MR) is 85.5 cm³/mol. The molecule has 0 heterocycles. The standard InChI is InChI=1S/C16H22BrNO3/c1-20-16(19)12-18(14-4-2-3-5-14)10-11-21-15-8-6-13(17)7-9-15/h6-9,14H,2-5,10-12H2,1H3. The molecule has 0 amide bonds. The van der Waals surface area contributed by atoms with Crippen molar-refractivity contribution in [3.05, 3.63) is 28.7 Å². The molecule has 1 aromatic carbocycles. The van der Waals surface area contributed by atoms with Crippen molar-refractivity contribution in [2.24, 2.45) is 0 Å². The fourth-order valence-corrected chi connectivity index (χ4v) is 2.97. The highest BCUT2D eigenvalue weighted by atomic mass is 79.9. The maximum atomic E-state index is 11.5. The molecule has 21 heavy (non-hydrogen) atoms. The summed E-state index contributed by atoms with van der Waals surface area (Å²) >= 11 is 3.40. The maximum absolute atomic E-state index is 11.5. The fourth-order valence-electron chi connectivity index (χ4n) is 2.70. The zero-order chi connectivity index (χ0) is 15.1. The Bertz CT molecular complexity index is 443. The highest BCUT2D eigenvalue weighted by Crippen LogP contribution is 2.23. The van der Waals surface area contributed by atoms with Gasteiger partial charge < -0.3 is 9.47 Å². The van der Waals surface area contributed by atoms with Crippen LogP contribution >= 0.6 is 15.9 Å². The molecular weight excluding hydrogens is 334 g/mol. The number of benzene rings is 1. The molecule has 1 fully saturated rings. The van der Waals surface area contributed by atoms with Crippen LogP contribution in [0.5, 0.6) is 5.75 Å². The van der Waals surface area contributed by atoms with Crippen LogP contribution in [0.4, 0.5) is 0 Å². The number of hydrogen-bond donors (Lipinski definition) is 0. The van der Waals surface area contributed by atoms with Crippen LogP contribution in [0.1, 0.15) is 25.7 Å². The average molecular weight is 356 g/mol. The van der Waals surface area contributed by atoms with E-state index in [4.69, 9.17) is 9.47 Å². The lowest BCUT2D eigenvalue weighted by Crippen LogP contribution is -2.40. The average Bonchev–Trinajstić information content (AvgIpc) is 3.02. The van der Waals surface area contributed by atoms with Crippen molar-refractivity contribution in [2.45, 2.75) is 31.7 Å². The van der Waals surface area contributed by atoms with E-state index in [1.165, 1.54) is 20.0 Å². The highest BCUT2D eigenvalue weighted by molar-refractivity contribution is 9.10. The highest BCUT2D eigenvalue weighted by Gasteiger charge is 2.24. The van der Waals surface area contributed by atoms with Gasteiger partial charge >= 0.3 is 5.97 Å². The second-order valence-electron chi connectivity index (χ2n) is 5.29. The topological polar surface area (TPSA) is 38.8 Å². The lowest BCUT2D eigenvalue weighted by molar-refractivity contribution is -0.142. The maximum Gasteiger partial charge on any atom is 0.319 e. The van der Waals surface area contributed by atoms with Gasteiger partial charge in [0, 0.05) is 17.1 Å². The van der Waals surface area contributed by atoms with Crippen LogP contribution in [-0.4, -0.2) is 43.7 Å². The van der Waals surface area contributed by atoms with Crippen LogP contribution in [0.3, 0.4) is 0 Å². The molecule has 1 aliphatic rings.